The van der Waals surface area contributed by atoms with Crippen molar-refractivity contribution in [2.75, 3.05) is 25.6 Å². The summed E-state index contributed by atoms with van der Waals surface area (Å²) in [5.41, 5.74) is 1.35. The summed E-state index contributed by atoms with van der Waals surface area (Å²) in [7, 11) is 1.60. The molecule has 0 aliphatic heterocycles. The van der Waals surface area contributed by atoms with Gasteiger partial charge >= 0.3 is 6.03 Å². The molecule has 3 rings (SSSR count). The predicted octanol–water partition coefficient (Wildman–Crippen LogP) is 1.40. The van der Waals surface area contributed by atoms with Crippen LogP contribution in [0.15, 0.2) is 49.3 Å². The molecule has 3 aromatic heterocycles. The van der Waals surface area contributed by atoms with E-state index < -0.39 is 0 Å². The van der Waals surface area contributed by atoms with Crippen molar-refractivity contribution in [2.45, 2.75) is 6.54 Å². The average Bonchev–Trinajstić information content (AvgIpc) is 3.23. The van der Waals surface area contributed by atoms with E-state index in [2.05, 4.69) is 30.7 Å². The first-order valence-corrected chi connectivity index (χ1v) is 8.18. The van der Waals surface area contributed by atoms with E-state index in [-0.39, 0.29) is 12.6 Å². The average molecular weight is 369 g/mol. The van der Waals surface area contributed by atoms with Gasteiger partial charge in [0.25, 0.3) is 0 Å². The Morgan fingerprint density at radius 2 is 2.15 bits per heavy atom. The van der Waals surface area contributed by atoms with Gasteiger partial charge in [0.1, 0.15) is 19.3 Å². The first-order chi connectivity index (χ1) is 13.3. The molecular weight excluding hydrogens is 350 g/mol. The summed E-state index contributed by atoms with van der Waals surface area (Å²) >= 11 is 0. The Balaban J connectivity index is 1.53. The third-order valence-electron chi connectivity index (χ3n) is 3.47. The fourth-order valence-electron chi connectivity index (χ4n) is 2.21. The van der Waals surface area contributed by atoms with Gasteiger partial charge in [-0.3, -0.25) is 0 Å². The number of nitrogens with zero attached hydrogens (tertiary/aromatic N) is 5. The number of rotatable bonds is 8. The summed E-state index contributed by atoms with van der Waals surface area (Å²) in [5.74, 6) is 1.07. The Hall–Kier alpha value is -3.53. The molecule has 0 fully saturated rings. The zero-order chi connectivity index (χ0) is 18.9. The molecule has 3 heterocycles. The van der Waals surface area contributed by atoms with Crippen LogP contribution in [0.5, 0.6) is 5.88 Å². The molecule has 0 aliphatic carbocycles. The van der Waals surface area contributed by atoms with E-state index in [1.165, 1.54) is 12.5 Å². The minimum absolute atomic E-state index is 0.278. The molecule has 10 heteroatoms. The maximum absolute atomic E-state index is 12.1. The van der Waals surface area contributed by atoms with E-state index in [9.17, 15) is 4.79 Å². The van der Waals surface area contributed by atoms with Crippen molar-refractivity contribution in [3.63, 3.8) is 0 Å². The van der Waals surface area contributed by atoms with Crippen molar-refractivity contribution < 1.29 is 14.3 Å². The zero-order valence-electron chi connectivity index (χ0n) is 14.7. The molecule has 0 unspecified atom stereocenters. The van der Waals surface area contributed by atoms with Crippen LogP contribution in [-0.2, 0) is 11.3 Å². The van der Waals surface area contributed by atoms with Crippen LogP contribution in [0.1, 0.15) is 5.56 Å². The van der Waals surface area contributed by atoms with Crippen LogP contribution in [0, 0.1) is 0 Å². The molecule has 27 heavy (non-hydrogen) atoms. The van der Waals surface area contributed by atoms with Crippen LogP contribution < -0.4 is 15.4 Å². The van der Waals surface area contributed by atoms with Gasteiger partial charge in [-0.2, -0.15) is 5.10 Å². The van der Waals surface area contributed by atoms with Gasteiger partial charge < -0.3 is 20.1 Å². The van der Waals surface area contributed by atoms with E-state index in [4.69, 9.17) is 9.47 Å². The molecule has 2 amide bonds. The predicted molar refractivity (Wildman–Crippen MR) is 96.6 cm³/mol. The Kier molecular flexibility index (Phi) is 6.26. The highest BCUT2D eigenvalue weighted by Gasteiger charge is 2.08. The Bertz CT molecular complexity index is 853. The summed E-state index contributed by atoms with van der Waals surface area (Å²) in [6.07, 6.45) is 6.15. The number of carbonyl (C=O) groups excluding carboxylic acids is 1. The summed E-state index contributed by atoms with van der Waals surface area (Å²) in [6, 6.07) is 6.67. The third kappa shape index (κ3) is 5.22. The van der Waals surface area contributed by atoms with E-state index in [0.29, 0.717) is 30.6 Å². The fourth-order valence-corrected chi connectivity index (χ4v) is 2.21. The van der Waals surface area contributed by atoms with E-state index in [0.717, 1.165) is 5.56 Å². The highest BCUT2D eigenvalue weighted by Crippen LogP contribution is 2.12. The van der Waals surface area contributed by atoms with E-state index in [1.54, 1.807) is 42.5 Å². The molecule has 0 saturated heterocycles. The lowest BCUT2D eigenvalue weighted by molar-refractivity contribution is 0.144. The van der Waals surface area contributed by atoms with Gasteiger partial charge in [-0.1, -0.05) is 6.07 Å². The number of ether oxygens (including phenoxy) is 2. The molecule has 0 atom stereocenters. The number of urea groups is 1. The molecule has 140 valence electrons. The Morgan fingerprint density at radius 3 is 2.89 bits per heavy atom. The number of nitrogens with one attached hydrogen (secondary N) is 2. The third-order valence-corrected chi connectivity index (χ3v) is 3.47. The second-order valence-electron chi connectivity index (χ2n) is 5.36. The zero-order valence-corrected chi connectivity index (χ0v) is 14.7. The molecule has 0 bridgehead atoms. The summed E-state index contributed by atoms with van der Waals surface area (Å²) < 4.78 is 11.8. The molecule has 0 aromatic carbocycles. The van der Waals surface area contributed by atoms with Crippen molar-refractivity contribution >= 4 is 11.7 Å². The summed E-state index contributed by atoms with van der Waals surface area (Å²) in [5, 5.41) is 9.56. The van der Waals surface area contributed by atoms with Crippen molar-refractivity contribution in [3.05, 3.63) is 54.9 Å². The van der Waals surface area contributed by atoms with Crippen molar-refractivity contribution in [2.24, 2.45) is 0 Å². The number of amides is 2. The number of anilines is 1. The molecule has 0 saturated carbocycles. The first kappa shape index (κ1) is 18.3. The number of hydrogen-bond donors (Lipinski definition) is 2. The summed E-state index contributed by atoms with van der Waals surface area (Å²) in [4.78, 5) is 24.4. The molecule has 0 radical (unpaired) electrons. The van der Waals surface area contributed by atoms with Gasteiger partial charge in [-0.25, -0.2) is 24.4 Å². The lowest BCUT2D eigenvalue weighted by Crippen LogP contribution is -2.28. The Morgan fingerprint density at radius 1 is 1.22 bits per heavy atom. The maximum Gasteiger partial charge on any atom is 0.319 e. The van der Waals surface area contributed by atoms with E-state index in [1.807, 2.05) is 6.07 Å². The van der Waals surface area contributed by atoms with Gasteiger partial charge in [-0.15, -0.1) is 0 Å². The van der Waals surface area contributed by atoms with Crippen molar-refractivity contribution in [3.8, 4) is 11.7 Å². The first-order valence-electron chi connectivity index (χ1n) is 8.18. The van der Waals surface area contributed by atoms with Crippen molar-refractivity contribution in [1.29, 1.82) is 0 Å². The van der Waals surface area contributed by atoms with Gasteiger partial charge in [0.2, 0.25) is 5.88 Å². The highest BCUT2D eigenvalue weighted by atomic mass is 16.5. The fraction of sp³-hybridized carbons (Fsp3) is 0.235. The second kappa shape index (κ2) is 9.25. The molecular formula is C17H19N7O3. The minimum Gasteiger partial charge on any atom is -0.475 e. The SMILES string of the molecule is COCCOc1ccc(NC(=O)NCc2cccnc2-n2cncn2)cn1. The van der Waals surface area contributed by atoms with Gasteiger partial charge in [-0.05, 0) is 12.1 Å². The summed E-state index contributed by atoms with van der Waals surface area (Å²) in [6.45, 7) is 1.17. The monoisotopic (exact) mass is 369 g/mol. The van der Waals surface area contributed by atoms with Crippen LogP contribution in [0.4, 0.5) is 10.5 Å². The van der Waals surface area contributed by atoms with Crippen LogP contribution in [-0.4, -0.2) is 51.1 Å². The molecule has 0 spiro atoms. The standard InChI is InChI=1S/C17H19N7O3/c1-26-7-8-27-15-5-4-14(10-20-15)23-17(25)21-9-13-3-2-6-19-16(13)24-12-18-11-22-24/h2-6,10-12H,7-9H2,1H3,(H2,21,23,25). The lowest BCUT2D eigenvalue weighted by atomic mass is 10.2. The number of aromatic nitrogens is 5. The number of carbonyl (C=O) groups is 1. The molecule has 2 N–H and O–H groups in total. The largest absolute Gasteiger partial charge is 0.475 e. The Labute approximate surface area is 155 Å². The molecule has 0 aliphatic rings. The second-order valence-corrected chi connectivity index (χ2v) is 5.36. The minimum atomic E-state index is -0.363. The van der Waals surface area contributed by atoms with Gasteiger partial charge in [0.15, 0.2) is 5.82 Å². The maximum atomic E-state index is 12.1. The molecule has 10 nitrogen and oxygen atoms in total. The molecule has 3 aromatic rings. The topological polar surface area (TPSA) is 116 Å². The van der Waals surface area contributed by atoms with Crippen LogP contribution >= 0.6 is 0 Å². The van der Waals surface area contributed by atoms with Crippen LogP contribution in [0.3, 0.4) is 0 Å². The number of hydrogen-bond acceptors (Lipinski definition) is 7. The quantitative estimate of drug-likeness (QED) is 0.577. The lowest BCUT2D eigenvalue weighted by Gasteiger charge is -2.10. The van der Waals surface area contributed by atoms with Gasteiger partial charge in [0, 0.05) is 31.5 Å². The van der Waals surface area contributed by atoms with Crippen molar-refractivity contribution in [1.82, 2.24) is 30.0 Å². The normalized spacial score (nSPS) is 10.4. The highest BCUT2D eigenvalue weighted by molar-refractivity contribution is 5.89. The van der Waals surface area contributed by atoms with E-state index >= 15 is 0 Å². The van der Waals surface area contributed by atoms with Gasteiger partial charge in [0.05, 0.1) is 18.5 Å². The smallest absolute Gasteiger partial charge is 0.319 e. The van der Waals surface area contributed by atoms with Crippen LogP contribution in [0.25, 0.3) is 5.82 Å². The number of pyridine rings is 2. The number of methoxy groups -OCH3 is 1. The van der Waals surface area contributed by atoms with Crippen LogP contribution in [0.2, 0.25) is 0 Å².